The zero-order valence-electron chi connectivity index (χ0n) is 28.8. The van der Waals surface area contributed by atoms with Gasteiger partial charge in [0.1, 0.15) is 6.10 Å². The van der Waals surface area contributed by atoms with Crippen LogP contribution in [0.2, 0.25) is 0 Å². The molecule has 0 amide bonds. The molecule has 43 heavy (non-hydrogen) atoms. The first kappa shape index (κ1) is 41.4. The number of hydrogen-bond donors (Lipinski definition) is 1. The first-order valence-electron chi connectivity index (χ1n) is 18.8. The van der Waals surface area contributed by atoms with Crippen LogP contribution < -0.4 is 0 Å². The first-order chi connectivity index (χ1) is 21.1. The molecule has 0 rings (SSSR count). The van der Waals surface area contributed by atoms with Crippen LogP contribution >= 0.6 is 0 Å². The highest BCUT2D eigenvalue weighted by Gasteiger charge is 2.14. The summed E-state index contributed by atoms with van der Waals surface area (Å²) in [6.07, 6.45) is 43.4. The van der Waals surface area contributed by atoms with Crippen molar-refractivity contribution < 1.29 is 19.4 Å². The minimum atomic E-state index is -0.702. The molecule has 1 N–H and O–H groups in total. The third-order valence-electron chi connectivity index (χ3n) is 8.43. The summed E-state index contributed by atoms with van der Waals surface area (Å²) in [7, 11) is 0. The topological polar surface area (TPSA) is 63.6 Å². The van der Waals surface area contributed by atoms with Crippen LogP contribution in [0, 0.1) is 0 Å². The summed E-state index contributed by atoms with van der Waals surface area (Å²) in [5.74, 6) is -0.708. The van der Waals surface area contributed by atoms with Gasteiger partial charge in [-0.2, -0.15) is 0 Å². The van der Waals surface area contributed by atoms with Crippen LogP contribution in [-0.4, -0.2) is 23.1 Å². The minimum Gasteiger partial charge on any atom is -0.481 e. The number of aliphatic carboxylic acids is 1. The van der Waals surface area contributed by atoms with Gasteiger partial charge in [0.25, 0.3) is 0 Å². The van der Waals surface area contributed by atoms with Crippen LogP contribution in [0.4, 0.5) is 0 Å². The molecule has 0 fully saturated rings. The van der Waals surface area contributed by atoms with Gasteiger partial charge >= 0.3 is 11.9 Å². The molecule has 0 heterocycles. The quantitative estimate of drug-likeness (QED) is 0.0451. The molecule has 0 spiro atoms. The molecule has 0 aromatic rings. The van der Waals surface area contributed by atoms with E-state index in [-0.39, 0.29) is 18.5 Å². The van der Waals surface area contributed by atoms with E-state index in [1.54, 1.807) is 0 Å². The van der Waals surface area contributed by atoms with Crippen molar-refractivity contribution in [2.45, 2.75) is 213 Å². The number of rotatable bonds is 34. The minimum absolute atomic E-state index is 0.00692. The third-order valence-corrected chi connectivity index (χ3v) is 8.43. The molecule has 252 valence electrons. The Morgan fingerprint density at radius 2 is 0.907 bits per heavy atom. The standard InChI is InChI=1S/C39H72O4/c1-3-5-7-9-11-12-13-14-15-16-17-18-19-20-21-23-28-32-36-39(42)43-37(33-29-25-22-10-8-6-4-2)34-30-26-24-27-31-35-38(40)41/h12-13,15-16,37H,3-11,14,17-36H2,1-2H3,(H,40,41)/b13-12-,16-15-. The molecule has 1 unspecified atom stereocenters. The van der Waals surface area contributed by atoms with Gasteiger partial charge in [0.15, 0.2) is 0 Å². The molecule has 0 aliphatic carbocycles. The zero-order valence-corrected chi connectivity index (χ0v) is 28.8. The highest BCUT2D eigenvalue weighted by molar-refractivity contribution is 5.69. The molecule has 0 aromatic carbocycles. The normalized spacial score (nSPS) is 12.4. The summed E-state index contributed by atoms with van der Waals surface area (Å²) in [6.45, 7) is 4.51. The molecule has 0 bridgehead atoms. The summed E-state index contributed by atoms with van der Waals surface area (Å²) >= 11 is 0. The number of hydrogen-bond acceptors (Lipinski definition) is 3. The van der Waals surface area contributed by atoms with Crippen molar-refractivity contribution in [3.63, 3.8) is 0 Å². The maximum absolute atomic E-state index is 12.6. The molecular weight excluding hydrogens is 532 g/mol. The summed E-state index contributed by atoms with van der Waals surface area (Å²) < 4.78 is 5.96. The Morgan fingerprint density at radius 3 is 1.40 bits per heavy atom. The SMILES string of the molecule is CCCCCC/C=C\C/C=C\CCCCCCCCCC(=O)OC(CCCCCCCCC)CCCCCCCC(=O)O. The van der Waals surface area contributed by atoms with Crippen LogP contribution in [0.25, 0.3) is 0 Å². The number of carboxylic acid groups (broad SMARTS) is 1. The van der Waals surface area contributed by atoms with Crippen LogP contribution in [0.15, 0.2) is 24.3 Å². The fourth-order valence-electron chi connectivity index (χ4n) is 5.63. The second-order valence-electron chi connectivity index (χ2n) is 12.8. The number of carbonyl (C=O) groups is 2. The Labute approximate surface area is 267 Å². The van der Waals surface area contributed by atoms with Gasteiger partial charge < -0.3 is 9.84 Å². The highest BCUT2D eigenvalue weighted by atomic mass is 16.5. The molecule has 0 radical (unpaired) electrons. The van der Waals surface area contributed by atoms with Gasteiger partial charge in [-0.05, 0) is 70.6 Å². The summed E-state index contributed by atoms with van der Waals surface area (Å²) in [4.78, 5) is 23.2. The summed E-state index contributed by atoms with van der Waals surface area (Å²) in [5.41, 5.74) is 0. The third kappa shape index (κ3) is 34.8. The van der Waals surface area contributed by atoms with Crippen molar-refractivity contribution in [3.8, 4) is 0 Å². The average molecular weight is 605 g/mol. The van der Waals surface area contributed by atoms with Crippen molar-refractivity contribution in [3.05, 3.63) is 24.3 Å². The number of carboxylic acids is 1. The van der Waals surface area contributed by atoms with Crippen LogP contribution in [0.5, 0.6) is 0 Å². The summed E-state index contributed by atoms with van der Waals surface area (Å²) in [5, 5.41) is 8.78. The molecule has 4 heteroatoms. The zero-order chi connectivity index (χ0) is 31.5. The lowest BCUT2D eigenvalue weighted by atomic mass is 10.0. The van der Waals surface area contributed by atoms with E-state index in [1.807, 2.05) is 0 Å². The Hall–Kier alpha value is -1.58. The number of unbranched alkanes of at least 4 members (excludes halogenated alkanes) is 21. The number of allylic oxidation sites excluding steroid dienone is 4. The Bertz CT molecular complexity index is 654. The second kappa shape index (κ2) is 34.9. The summed E-state index contributed by atoms with van der Waals surface area (Å²) in [6, 6.07) is 0. The predicted molar refractivity (Wildman–Crippen MR) is 186 cm³/mol. The molecule has 0 aliphatic heterocycles. The van der Waals surface area contributed by atoms with E-state index in [0.717, 1.165) is 70.6 Å². The van der Waals surface area contributed by atoms with E-state index in [1.165, 1.54) is 109 Å². The molecule has 1 atom stereocenters. The van der Waals surface area contributed by atoms with E-state index in [4.69, 9.17) is 9.84 Å². The fourth-order valence-corrected chi connectivity index (χ4v) is 5.63. The van der Waals surface area contributed by atoms with Crippen molar-refractivity contribution in [2.24, 2.45) is 0 Å². The average Bonchev–Trinajstić information content (AvgIpc) is 2.99. The number of ether oxygens (including phenoxy) is 1. The molecule has 4 nitrogen and oxygen atoms in total. The van der Waals surface area contributed by atoms with E-state index in [9.17, 15) is 9.59 Å². The van der Waals surface area contributed by atoms with Gasteiger partial charge in [-0.3, -0.25) is 9.59 Å². The van der Waals surface area contributed by atoms with Gasteiger partial charge in [-0.25, -0.2) is 0 Å². The molecule has 0 aromatic heterocycles. The lowest BCUT2D eigenvalue weighted by molar-refractivity contribution is -0.150. The number of carbonyl (C=O) groups excluding carboxylic acids is 1. The van der Waals surface area contributed by atoms with Gasteiger partial charge in [0.05, 0.1) is 0 Å². The van der Waals surface area contributed by atoms with Gasteiger partial charge in [-0.1, -0.05) is 147 Å². The maximum Gasteiger partial charge on any atom is 0.306 e. The van der Waals surface area contributed by atoms with Crippen molar-refractivity contribution in [2.75, 3.05) is 0 Å². The van der Waals surface area contributed by atoms with Crippen molar-refractivity contribution in [1.82, 2.24) is 0 Å². The lowest BCUT2D eigenvalue weighted by Gasteiger charge is -2.18. The monoisotopic (exact) mass is 605 g/mol. The van der Waals surface area contributed by atoms with E-state index in [2.05, 4.69) is 38.2 Å². The fraction of sp³-hybridized carbons (Fsp3) is 0.846. The van der Waals surface area contributed by atoms with Crippen LogP contribution in [0.1, 0.15) is 206 Å². The molecule has 0 saturated carbocycles. The van der Waals surface area contributed by atoms with Crippen molar-refractivity contribution in [1.29, 1.82) is 0 Å². The maximum atomic E-state index is 12.6. The number of esters is 1. The Balaban J connectivity index is 3.91. The van der Waals surface area contributed by atoms with E-state index in [0.29, 0.717) is 6.42 Å². The molecular formula is C39H72O4. The van der Waals surface area contributed by atoms with E-state index < -0.39 is 5.97 Å². The molecule has 0 saturated heterocycles. The van der Waals surface area contributed by atoms with Gasteiger partial charge in [0.2, 0.25) is 0 Å². The Morgan fingerprint density at radius 1 is 0.512 bits per heavy atom. The van der Waals surface area contributed by atoms with Crippen LogP contribution in [-0.2, 0) is 14.3 Å². The largest absolute Gasteiger partial charge is 0.481 e. The predicted octanol–water partition coefficient (Wildman–Crippen LogP) is 12.8. The van der Waals surface area contributed by atoms with Gasteiger partial charge in [-0.15, -0.1) is 0 Å². The second-order valence-corrected chi connectivity index (χ2v) is 12.8. The first-order valence-corrected chi connectivity index (χ1v) is 18.8. The smallest absolute Gasteiger partial charge is 0.306 e. The van der Waals surface area contributed by atoms with Crippen LogP contribution in [0.3, 0.4) is 0 Å². The molecule has 0 aliphatic rings. The van der Waals surface area contributed by atoms with Crippen molar-refractivity contribution >= 4 is 11.9 Å². The van der Waals surface area contributed by atoms with E-state index >= 15 is 0 Å². The lowest BCUT2D eigenvalue weighted by Crippen LogP contribution is -2.18. The van der Waals surface area contributed by atoms with Gasteiger partial charge in [0, 0.05) is 12.8 Å². The Kier molecular flexibility index (Phi) is 33.6. The highest BCUT2D eigenvalue weighted by Crippen LogP contribution is 2.18.